The van der Waals surface area contributed by atoms with E-state index < -0.39 is 23.3 Å². The molecule has 3 heterocycles. The maximum atomic E-state index is 13.5. The molecule has 0 aliphatic carbocycles. The highest BCUT2D eigenvalue weighted by molar-refractivity contribution is 8.00. The van der Waals surface area contributed by atoms with Crippen LogP contribution in [0.25, 0.3) is 5.57 Å². The number of methoxy groups -OCH3 is 2. The van der Waals surface area contributed by atoms with Crippen molar-refractivity contribution in [2.24, 2.45) is 0 Å². The van der Waals surface area contributed by atoms with E-state index in [1.807, 2.05) is 30.3 Å². The number of aromatic nitrogens is 1. The van der Waals surface area contributed by atoms with Gasteiger partial charge in [0.2, 0.25) is 5.91 Å². The first-order chi connectivity index (χ1) is 19.9. The Morgan fingerprint density at radius 2 is 1.90 bits per heavy atom. The summed E-state index contributed by atoms with van der Waals surface area (Å²) in [6, 6.07) is 17.4. The highest BCUT2D eigenvalue weighted by Crippen LogP contribution is 2.44. The van der Waals surface area contributed by atoms with Gasteiger partial charge < -0.3 is 24.1 Å². The molecule has 1 aromatic heterocycles. The molecule has 10 nitrogen and oxygen atoms in total. The molecule has 0 bridgehead atoms. The Balaban J connectivity index is 1.34. The lowest BCUT2D eigenvalue weighted by Gasteiger charge is -2.49. The summed E-state index contributed by atoms with van der Waals surface area (Å²) in [5.74, 6) is 0.353. The van der Waals surface area contributed by atoms with Crippen LogP contribution in [0.3, 0.4) is 0 Å². The first kappa shape index (κ1) is 28.4. The van der Waals surface area contributed by atoms with Gasteiger partial charge in [0.25, 0.3) is 11.8 Å². The maximum Gasteiger partial charge on any atom is 0.355 e. The molecular formula is C29H27N3O7S2. The van der Waals surface area contributed by atoms with Crippen LogP contribution in [0.5, 0.6) is 11.6 Å². The van der Waals surface area contributed by atoms with Gasteiger partial charge in [0.05, 0.1) is 20.0 Å². The Morgan fingerprint density at radius 1 is 1.15 bits per heavy atom. The molecule has 2 atom stereocenters. The minimum atomic E-state index is -0.770. The highest BCUT2D eigenvalue weighted by atomic mass is 32.2. The van der Waals surface area contributed by atoms with Gasteiger partial charge >= 0.3 is 5.97 Å². The van der Waals surface area contributed by atoms with Crippen molar-refractivity contribution in [1.82, 2.24) is 15.4 Å². The van der Waals surface area contributed by atoms with Crippen LogP contribution in [-0.4, -0.2) is 65.0 Å². The predicted molar refractivity (Wildman–Crippen MR) is 154 cm³/mol. The lowest BCUT2D eigenvalue weighted by atomic mass is 9.98. The topological polar surface area (TPSA) is 120 Å². The van der Waals surface area contributed by atoms with Gasteiger partial charge in [-0.25, -0.2) is 4.79 Å². The zero-order valence-corrected chi connectivity index (χ0v) is 24.0. The third kappa shape index (κ3) is 6.13. The van der Waals surface area contributed by atoms with E-state index in [0.29, 0.717) is 28.4 Å². The Labute approximate surface area is 245 Å². The molecule has 2 aliphatic heterocycles. The summed E-state index contributed by atoms with van der Waals surface area (Å²) in [5, 5.41) is 6.16. The number of ether oxygens (including phenoxy) is 3. The quantitative estimate of drug-likeness (QED) is 0.199. The number of amides is 2. The zero-order chi connectivity index (χ0) is 28.9. The van der Waals surface area contributed by atoms with Crippen LogP contribution in [0.2, 0.25) is 0 Å². The molecule has 41 heavy (non-hydrogen) atoms. The molecule has 1 saturated heterocycles. The van der Waals surface area contributed by atoms with Crippen LogP contribution in [0.1, 0.15) is 11.3 Å². The third-order valence-electron chi connectivity index (χ3n) is 6.48. The van der Waals surface area contributed by atoms with Gasteiger partial charge in [0.15, 0.2) is 5.76 Å². The van der Waals surface area contributed by atoms with E-state index in [1.165, 1.54) is 35.5 Å². The van der Waals surface area contributed by atoms with Crippen molar-refractivity contribution in [3.8, 4) is 11.6 Å². The van der Waals surface area contributed by atoms with Gasteiger partial charge in [-0.15, -0.1) is 23.5 Å². The summed E-state index contributed by atoms with van der Waals surface area (Å²) >= 11 is 2.79. The van der Waals surface area contributed by atoms with Crippen molar-refractivity contribution in [3.63, 3.8) is 0 Å². The van der Waals surface area contributed by atoms with Gasteiger partial charge in [-0.05, 0) is 35.0 Å². The predicted octanol–water partition coefficient (Wildman–Crippen LogP) is 3.89. The second kappa shape index (κ2) is 12.6. The second-order valence-electron chi connectivity index (χ2n) is 9.02. The molecule has 1 fully saturated rings. The number of esters is 1. The van der Waals surface area contributed by atoms with Gasteiger partial charge in [0.1, 0.15) is 29.5 Å². The third-order valence-corrected chi connectivity index (χ3v) is 8.77. The average Bonchev–Trinajstić information content (AvgIpc) is 3.50. The molecule has 0 spiro atoms. The van der Waals surface area contributed by atoms with Crippen LogP contribution in [0, 0.1) is 0 Å². The molecule has 0 saturated carbocycles. The number of benzene rings is 2. The highest BCUT2D eigenvalue weighted by Gasteiger charge is 2.54. The summed E-state index contributed by atoms with van der Waals surface area (Å²) in [5.41, 5.74) is 1.67. The fourth-order valence-electron chi connectivity index (χ4n) is 4.31. The van der Waals surface area contributed by atoms with Gasteiger partial charge in [0, 0.05) is 27.9 Å². The molecule has 2 amide bonds. The molecule has 3 aromatic rings. The van der Waals surface area contributed by atoms with E-state index in [9.17, 15) is 14.4 Å². The number of nitrogens with zero attached hydrogens (tertiary/aromatic N) is 2. The SMILES string of the molecule is C=C(C1=C(C(=O)OCc2ccc(OC)cc2)N2C(=O)[C@@H](NC(=O)CSc3ccccc3)[C@H]2SC1)c1cc(OC)no1. The van der Waals surface area contributed by atoms with Crippen LogP contribution in [-0.2, 0) is 25.7 Å². The minimum absolute atomic E-state index is 0.0150. The normalized spacial score (nSPS) is 17.8. The van der Waals surface area contributed by atoms with E-state index in [0.717, 1.165) is 10.5 Å². The zero-order valence-electron chi connectivity index (χ0n) is 22.3. The second-order valence-corrected chi connectivity index (χ2v) is 11.2. The standard InChI is InChI=1S/C29H27N3O7S2/c1-17(22-13-24(37-3)31-39-22)21-15-41-28-25(30-23(33)16-40-20-7-5-4-6-8-20)27(34)32(28)26(21)29(35)38-14-18-9-11-19(36-2)12-10-18/h4-13,25,28H,1,14-16H2,2-3H3,(H,30,33)/t25-,28-/m1/s1. The average molecular weight is 594 g/mol. The number of β-lactam (4-membered cyclic amide) rings is 1. The molecule has 2 aliphatic rings. The fraction of sp³-hybridized carbons (Fsp3) is 0.241. The molecule has 1 N–H and O–H groups in total. The lowest BCUT2D eigenvalue weighted by molar-refractivity contribution is -0.153. The number of rotatable bonds is 11. The van der Waals surface area contributed by atoms with Gasteiger partial charge in [-0.3, -0.25) is 14.5 Å². The fourth-order valence-corrected chi connectivity index (χ4v) is 6.42. The van der Waals surface area contributed by atoms with Crippen LogP contribution in [0.4, 0.5) is 0 Å². The van der Waals surface area contributed by atoms with Gasteiger partial charge in [-0.1, -0.05) is 36.9 Å². The summed E-state index contributed by atoms with van der Waals surface area (Å²) in [4.78, 5) is 41.9. The number of carbonyl (C=O) groups is 3. The Kier molecular flexibility index (Phi) is 8.70. The monoisotopic (exact) mass is 593 g/mol. The number of nitrogens with one attached hydrogen (secondary N) is 1. The van der Waals surface area contributed by atoms with E-state index >= 15 is 0 Å². The Morgan fingerprint density at radius 3 is 2.59 bits per heavy atom. The Bertz CT molecular complexity index is 1490. The number of hydrogen-bond donors (Lipinski definition) is 1. The number of thioether (sulfide) groups is 2. The van der Waals surface area contributed by atoms with E-state index in [2.05, 4.69) is 17.1 Å². The van der Waals surface area contributed by atoms with Crippen LogP contribution < -0.4 is 14.8 Å². The lowest BCUT2D eigenvalue weighted by Crippen LogP contribution is -2.70. The maximum absolute atomic E-state index is 13.5. The molecular weight excluding hydrogens is 566 g/mol. The van der Waals surface area contributed by atoms with E-state index in [1.54, 1.807) is 37.4 Å². The summed E-state index contributed by atoms with van der Waals surface area (Å²) in [6.07, 6.45) is 0. The largest absolute Gasteiger partial charge is 0.497 e. The number of fused-ring (bicyclic) bond motifs is 1. The minimum Gasteiger partial charge on any atom is -0.497 e. The molecule has 12 heteroatoms. The van der Waals surface area contributed by atoms with Crippen molar-refractivity contribution in [2.75, 3.05) is 25.7 Å². The molecule has 2 aromatic carbocycles. The Hall–Kier alpha value is -4.16. The number of hydrogen-bond acceptors (Lipinski definition) is 10. The van der Waals surface area contributed by atoms with Gasteiger partial charge in [-0.2, -0.15) is 0 Å². The van der Waals surface area contributed by atoms with Crippen molar-refractivity contribution in [3.05, 3.63) is 89.8 Å². The summed E-state index contributed by atoms with van der Waals surface area (Å²) in [6.45, 7) is 4.09. The molecule has 5 rings (SSSR count). The van der Waals surface area contributed by atoms with Crippen molar-refractivity contribution in [2.45, 2.75) is 22.9 Å². The number of carbonyl (C=O) groups excluding carboxylic acids is 3. The van der Waals surface area contributed by atoms with Crippen LogP contribution >= 0.6 is 23.5 Å². The van der Waals surface area contributed by atoms with E-state index in [4.69, 9.17) is 18.7 Å². The van der Waals surface area contributed by atoms with Crippen molar-refractivity contribution in [1.29, 1.82) is 0 Å². The van der Waals surface area contributed by atoms with Crippen molar-refractivity contribution < 1.29 is 33.1 Å². The summed E-state index contributed by atoms with van der Waals surface area (Å²) < 4.78 is 21.3. The molecule has 0 unspecified atom stereocenters. The van der Waals surface area contributed by atoms with Crippen LogP contribution in [0.15, 0.2) is 87.9 Å². The molecule has 0 radical (unpaired) electrons. The van der Waals surface area contributed by atoms with E-state index in [-0.39, 0.29) is 29.8 Å². The van der Waals surface area contributed by atoms with Crippen molar-refractivity contribution >= 4 is 46.9 Å². The smallest absolute Gasteiger partial charge is 0.355 e. The first-order valence-corrected chi connectivity index (χ1v) is 14.6. The first-order valence-electron chi connectivity index (χ1n) is 12.5. The molecule has 212 valence electrons. The number of allylic oxidation sites excluding steroid dienone is 1. The summed E-state index contributed by atoms with van der Waals surface area (Å²) in [7, 11) is 3.03.